The van der Waals surface area contributed by atoms with Gasteiger partial charge in [0.05, 0.1) is 18.5 Å². The summed E-state index contributed by atoms with van der Waals surface area (Å²) in [5.74, 6) is 1.67. The maximum atomic E-state index is 13.2. The summed E-state index contributed by atoms with van der Waals surface area (Å²) >= 11 is 0. The third-order valence-corrected chi connectivity index (χ3v) is 6.65. The van der Waals surface area contributed by atoms with Crippen LogP contribution < -0.4 is 15.2 Å². The molecular weight excluding hydrogens is 474 g/mol. The molecule has 6 heteroatoms. The topological polar surface area (TPSA) is 79.4 Å². The van der Waals surface area contributed by atoms with E-state index in [9.17, 15) is 4.79 Å². The van der Waals surface area contributed by atoms with Crippen LogP contribution in [0.1, 0.15) is 46.3 Å². The van der Waals surface area contributed by atoms with Crippen molar-refractivity contribution in [2.45, 2.75) is 38.7 Å². The van der Waals surface area contributed by atoms with Gasteiger partial charge in [-0.2, -0.15) is 5.10 Å². The molecule has 1 aliphatic carbocycles. The van der Waals surface area contributed by atoms with Crippen molar-refractivity contribution in [1.29, 1.82) is 0 Å². The molecule has 0 saturated carbocycles. The number of Topliss-reactive ketones (excluding diaryl/α,β-unsaturated/α-hetero) is 1. The van der Waals surface area contributed by atoms with Gasteiger partial charge in [0, 0.05) is 29.3 Å². The lowest BCUT2D eigenvalue weighted by atomic mass is 9.87. The number of hydrogen-bond acceptors (Lipinski definition) is 5. The molecule has 0 aliphatic heterocycles. The van der Waals surface area contributed by atoms with Gasteiger partial charge in [0.25, 0.3) is 0 Å². The molecule has 1 aromatic heterocycles. The average Bonchev–Trinajstić information content (AvgIpc) is 3.43. The van der Waals surface area contributed by atoms with Crippen LogP contribution in [0, 0.1) is 0 Å². The highest BCUT2D eigenvalue weighted by Crippen LogP contribution is 2.28. The second-order valence-electron chi connectivity index (χ2n) is 9.52. The van der Waals surface area contributed by atoms with E-state index >= 15 is 0 Å². The van der Waals surface area contributed by atoms with E-state index in [1.54, 1.807) is 0 Å². The Morgan fingerprint density at radius 2 is 1.74 bits per heavy atom. The number of unbranched alkanes of at least 4 members (excludes halogenated alkanes) is 2. The Kier molecular flexibility index (Phi) is 8.31. The largest absolute Gasteiger partial charge is 0.494 e. The summed E-state index contributed by atoms with van der Waals surface area (Å²) in [5.41, 5.74) is 11.2. The van der Waals surface area contributed by atoms with Gasteiger partial charge in [-0.15, -0.1) is 0 Å². The maximum absolute atomic E-state index is 13.2. The minimum atomic E-state index is 0.0787. The standard InChI is InChI=1S/C32H33N3O3/c33-16-5-2-6-17-37-29-11-7-8-24(19-29)18-27-13-12-26-20-30(14-15-31(26)32(27)36)38-23-25-21-34-35(22-25)28-9-3-1-4-10-28/h1,3-4,7-11,13-15,19-22H,2,5-6,12,16-18,23,33H2. The molecule has 1 heterocycles. The van der Waals surface area contributed by atoms with Gasteiger partial charge in [-0.05, 0) is 85.8 Å². The number of nitrogens with zero attached hydrogens (tertiary/aromatic N) is 2. The fourth-order valence-electron chi connectivity index (χ4n) is 4.60. The van der Waals surface area contributed by atoms with Crippen molar-refractivity contribution in [3.05, 3.63) is 119 Å². The van der Waals surface area contributed by atoms with E-state index in [-0.39, 0.29) is 5.78 Å². The molecule has 0 saturated heterocycles. The van der Waals surface area contributed by atoms with Crippen LogP contribution in [0.3, 0.4) is 0 Å². The molecule has 0 fully saturated rings. The zero-order chi connectivity index (χ0) is 26.2. The molecule has 194 valence electrons. The van der Waals surface area contributed by atoms with Gasteiger partial charge in [-0.1, -0.05) is 36.4 Å². The van der Waals surface area contributed by atoms with Crippen LogP contribution in [0.5, 0.6) is 11.5 Å². The summed E-state index contributed by atoms with van der Waals surface area (Å²) in [6, 6.07) is 23.7. The molecule has 3 aromatic carbocycles. The third kappa shape index (κ3) is 6.39. The molecule has 0 spiro atoms. The normalized spacial score (nSPS) is 12.7. The number of para-hydroxylation sites is 1. The van der Waals surface area contributed by atoms with Crippen LogP contribution in [-0.2, 0) is 19.4 Å². The number of aromatic nitrogens is 2. The summed E-state index contributed by atoms with van der Waals surface area (Å²) in [4.78, 5) is 13.2. The lowest BCUT2D eigenvalue weighted by molar-refractivity contribution is 0.102. The molecule has 0 amide bonds. The van der Waals surface area contributed by atoms with Crippen LogP contribution in [-0.4, -0.2) is 28.7 Å². The predicted molar refractivity (Wildman–Crippen MR) is 149 cm³/mol. The molecule has 2 N–H and O–H groups in total. The van der Waals surface area contributed by atoms with Gasteiger partial charge in [0.15, 0.2) is 5.78 Å². The van der Waals surface area contributed by atoms with Crippen molar-refractivity contribution >= 4 is 5.78 Å². The minimum absolute atomic E-state index is 0.0787. The number of ketones is 1. The minimum Gasteiger partial charge on any atom is -0.494 e. The fourth-order valence-corrected chi connectivity index (χ4v) is 4.60. The average molecular weight is 508 g/mol. The molecular formula is C32H33N3O3. The Hall–Kier alpha value is -4.16. The highest BCUT2D eigenvalue weighted by Gasteiger charge is 2.21. The number of benzene rings is 3. The van der Waals surface area contributed by atoms with Crippen LogP contribution in [0.2, 0.25) is 0 Å². The number of hydrogen-bond donors (Lipinski definition) is 1. The quantitative estimate of drug-likeness (QED) is 0.243. The van der Waals surface area contributed by atoms with Crippen molar-refractivity contribution in [1.82, 2.24) is 9.78 Å². The van der Waals surface area contributed by atoms with Gasteiger partial charge in [-0.25, -0.2) is 4.68 Å². The molecule has 0 atom stereocenters. The van der Waals surface area contributed by atoms with Crippen LogP contribution >= 0.6 is 0 Å². The number of rotatable bonds is 12. The number of carbonyl (C=O) groups excluding carboxylic acids is 1. The lowest BCUT2D eigenvalue weighted by Crippen LogP contribution is -2.14. The lowest BCUT2D eigenvalue weighted by Gasteiger charge is -2.17. The van der Waals surface area contributed by atoms with Gasteiger partial charge in [0.2, 0.25) is 0 Å². The third-order valence-electron chi connectivity index (χ3n) is 6.65. The Morgan fingerprint density at radius 3 is 2.61 bits per heavy atom. The van der Waals surface area contributed by atoms with E-state index in [0.717, 1.165) is 70.8 Å². The smallest absolute Gasteiger partial charge is 0.189 e. The van der Waals surface area contributed by atoms with E-state index in [4.69, 9.17) is 15.2 Å². The number of fused-ring (bicyclic) bond motifs is 1. The van der Waals surface area contributed by atoms with E-state index in [0.29, 0.717) is 26.1 Å². The molecule has 6 nitrogen and oxygen atoms in total. The van der Waals surface area contributed by atoms with Crippen molar-refractivity contribution in [2.24, 2.45) is 5.73 Å². The van der Waals surface area contributed by atoms with Gasteiger partial charge in [0.1, 0.15) is 18.1 Å². The van der Waals surface area contributed by atoms with E-state index in [1.165, 1.54) is 0 Å². The zero-order valence-electron chi connectivity index (χ0n) is 21.5. The van der Waals surface area contributed by atoms with Gasteiger partial charge >= 0.3 is 0 Å². The first kappa shape index (κ1) is 25.5. The molecule has 0 bridgehead atoms. The summed E-state index contributed by atoms with van der Waals surface area (Å²) < 4.78 is 13.8. The van der Waals surface area contributed by atoms with Gasteiger partial charge in [-0.3, -0.25) is 4.79 Å². The molecule has 0 unspecified atom stereocenters. The Morgan fingerprint density at radius 1 is 0.868 bits per heavy atom. The van der Waals surface area contributed by atoms with Crippen LogP contribution in [0.4, 0.5) is 0 Å². The second kappa shape index (κ2) is 12.4. The van der Waals surface area contributed by atoms with Crippen LogP contribution in [0.15, 0.2) is 96.8 Å². The van der Waals surface area contributed by atoms with Crippen molar-refractivity contribution in [2.75, 3.05) is 13.2 Å². The summed E-state index contributed by atoms with van der Waals surface area (Å²) in [7, 11) is 0. The Labute approximate surface area is 223 Å². The molecule has 4 aromatic rings. The Balaban J connectivity index is 1.17. The fraction of sp³-hybridized carbons (Fsp3) is 0.250. The summed E-state index contributed by atoms with van der Waals surface area (Å²) in [5, 5.41) is 4.42. The maximum Gasteiger partial charge on any atom is 0.189 e. The highest BCUT2D eigenvalue weighted by molar-refractivity contribution is 6.11. The molecule has 1 aliphatic rings. The van der Waals surface area contributed by atoms with Crippen LogP contribution in [0.25, 0.3) is 5.69 Å². The van der Waals surface area contributed by atoms with Crippen molar-refractivity contribution < 1.29 is 14.3 Å². The van der Waals surface area contributed by atoms with E-state index in [1.807, 2.05) is 95.9 Å². The number of ether oxygens (including phenoxy) is 2. The van der Waals surface area contributed by atoms with Crippen molar-refractivity contribution in [3.8, 4) is 17.2 Å². The highest BCUT2D eigenvalue weighted by atomic mass is 16.5. The molecule has 5 rings (SSSR count). The van der Waals surface area contributed by atoms with E-state index < -0.39 is 0 Å². The molecule has 0 radical (unpaired) electrons. The predicted octanol–water partition coefficient (Wildman–Crippen LogP) is 5.87. The monoisotopic (exact) mass is 507 g/mol. The van der Waals surface area contributed by atoms with Crippen molar-refractivity contribution in [3.63, 3.8) is 0 Å². The SMILES string of the molecule is NCCCCCOc1cccc(CC2=CCc3cc(OCc4cnn(-c5ccccc5)c4)ccc3C2=O)c1. The van der Waals surface area contributed by atoms with Gasteiger partial charge < -0.3 is 15.2 Å². The second-order valence-corrected chi connectivity index (χ2v) is 9.52. The first-order valence-electron chi connectivity index (χ1n) is 13.2. The molecule has 38 heavy (non-hydrogen) atoms. The Bertz CT molecular complexity index is 1410. The summed E-state index contributed by atoms with van der Waals surface area (Å²) in [6.45, 7) is 1.81. The first-order chi connectivity index (χ1) is 18.7. The number of nitrogens with two attached hydrogens (primary N) is 1. The van der Waals surface area contributed by atoms with E-state index in [2.05, 4.69) is 5.10 Å². The number of allylic oxidation sites excluding steroid dienone is 2. The first-order valence-corrected chi connectivity index (χ1v) is 13.2. The summed E-state index contributed by atoms with van der Waals surface area (Å²) in [6.07, 6.45) is 10.2. The number of carbonyl (C=O) groups is 1. The zero-order valence-corrected chi connectivity index (χ0v) is 21.5.